The Kier molecular flexibility index (Phi) is 4.13. The molecule has 2 unspecified atom stereocenters. The van der Waals surface area contributed by atoms with E-state index in [-0.39, 0.29) is 0 Å². The molecule has 0 radical (unpaired) electrons. The fourth-order valence-corrected chi connectivity index (χ4v) is 2.88. The van der Waals surface area contributed by atoms with Crippen molar-refractivity contribution in [3.8, 4) is 0 Å². The maximum Gasteiger partial charge on any atom is 0.0389 e. The van der Waals surface area contributed by atoms with Gasteiger partial charge in [0.05, 0.1) is 0 Å². The van der Waals surface area contributed by atoms with E-state index in [1.54, 1.807) is 0 Å². The second kappa shape index (κ2) is 4.91. The van der Waals surface area contributed by atoms with Gasteiger partial charge in [0, 0.05) is 41.4 Å². The third-order valence-corrected chi connectivity index (χ3v) is 4.08. The SMILES string of the molecule is C=C(CC)CN1CCS(=O)CC1C. The lowest BCUT2D eigenvalue weighted by atomic mass is 10.2. The molecule has 3 heteroatoms. The molecule has 76 valence electrons. The molecule has 0 aromatic carbocycles. The van der Waals surface area contributed by atoms with Crippen molar-refractivity contribution in [3.63, 3.8) is 0 Å². The van der Waals surface area contributed by atoms with E-state index in [4.69, 9.17) is 0 Å². The van der Waals surface area contributed by atoms with E-state index in [0.717, 1.165) is 31.0 Å². The fraction of sp³-hybridized carbons (Fsp3) is 0.800. The molecule has 0 N–H and O–H groups in total. The summed E-state index contributed by atoms with van der Waals surface area (Å²) in [6, 6.07) is 0.456. The molecular formula is C10H19NOS. The van der Waals surface area contributed by atoms with Crippen LogP contribution in [0, 0.1) is 0 Å². The Labute approximate surface area is 83.5 Å². The van der Waals surface area contributed by atoms with E-state index in [2.05, 4.69) is 25.3 Å². The minimum Gasteiger partial charge on any atom is -0.295 e. The molecule has 13 heavy (non-hydrogen) atoms. The molecule has 1 heterocycles. The summed E-state index contributed by atoms with van der Waals surface area (Å²) in [5, 5.41) is 0. The summed E-state index contributed by atoms with van der Waals surface area (Å²) in [6.45, 7) is 10.2. The van der Waals surface area contributed by atoms with Gasteiger partial charge in [0.25, 0.3) is 0 Å². The van der Waals surface area contributed by atoms with Gasteiger partial charge >= 0.3 is 0 Å². The quantitative estimate of drug-likeness (QED) is 0.643. The van der Waals surface area contributed by atoms with Crippen molar-refractivity contribution in [1.29, 1.82) is 0 Å². The predicted molar refractivity (Wildman–Crippen MR) is 58.3 cm³/mol. The third-order valence-electron chi connectivity index (χ3n) is 2.58. The third kappa shape index (κ3) is 3.24. The molecule has 1 rings (SSSR count). The van der Waals surface area contributed by atoms with E-state index in [9.17, 15) is 4.21 Å². The zero-order valence-electron chi connectivity index (χ0n) is 8.58. The number of rotatable bonds is 3. The summed E-state index contributed by atoms with van der Waals surface area (Å²) in [5.41, 5.74) is 1.28. The summed E-state index contributed by atoms with van der Waals surface area (Å²) >= 11 is 0. The predicted octanol–water partition coefficient (Wildman–Crippen LogP) is 1.41. The number of hydrogen-bond donors (Lipinski definition) is 0. The topological polar surface area (TPSA) is 20.3 Å². The van der Waals surface area contributed by atoms with Gasteiger partial charge < -0.3 is 0 Å². The standard InChI is InChI=1S/C10H19NOS/c1-4-9(2)7-11-5-6-13(12)8-10(11)3/h10H,2,4-8H2,1,3H3. The van der Waals surface area contributed by atoms with Gasteiger partial charge in [-0.25, -0.2) is 0 Å². The maximum absolute atomic E-state index is 11.2. The zero-order chi connectivity index (χ0) is 9.84. The van der Waals surface area contributed by atoms with Crippen molar-refractivity contribution >= 4 is 10.8 Å². The van der Waals surface area contributed by atoms with Crippen LogP contribution in [0.5, 0.6) is 0 Å². The van der Waals surface area contributed by atoms with E-state index in [1.807, 2.05) is 0 Å². The fourth-order valence-electron chi connectivity index (χ4n) is 1.53. The molecule has 2 nitrogen and oxygen atoms in total. The van der Waals surface area contributed by atoms with Crippen molar-refractivity contribution in [2.75, 3.05) is 24.6 Å². The van der Waals surface area contributed by atoms with E-state index in [1.165, 1.54) is 5.57 Å². The van der Waals surface area contributed by atoms with Crippen molar-refractivity contribution in [2.24, 2.45) is 0 Å². The van der Waals surface area contributed by atoms with Crippen molar-refractivity contribution in [2.45, 2.75) is 26.3 Å². The summed E-state index contributed by atoms with van der Waals surface area (Å²) < 4.78 is 11.2. The molecule has 1 fully saturated rings. The van der Waals surface area contributed by atoms with E-state index >= 15 is 0 Å². The molecule has 2 atom stereocenters. The van der Waals surface area contributed by atoms with Crippen LogP contribution in [0.25, 0.3) is 0 Å². The largest absolute Gasteiger partial charge is 0.295 e. The van der Waals surface area contributed by atoms with Gasteiger partial charge in [-0.05, 0) is 13.3 Å². The molecule has 0 aromatic heterocycles. The zero-order valence-corrected chi connectivity index (χ0v) is 9.40. The lowest BCUT2D eigenvalue weighted by Gasteiger charge is -2.33. The summed E-state index contributed by atoms with van der Waals surface area (Å²) in [4.78, 5) is 2.38. The van der Waals surface area contributed by atoms with Gasteiger partial charge in [-0.2, -0.15) is 0 Å². The highest BCUT2D eigenvalue weighted by molar-refractivity contribution is 7.85. The highest BCUT2D eigenvalue weighted by Gasteiger charge is 2.22. The summed E-state index contributed by atoms with van der Waals surface area (Å²) in [6.07, 6.45) is 1.05. The monoisotopic (exact) mass is 201 g/mol. The smallest absolute Gasteiger partial charge is 0.0389 e. The second-order valence-electron chi connectivity index (χ2n) is 3.73. The number of nitrogens with zero attached hydrogens (tertiary/aromatic N) is 1. The molecule has 1 saturated heterocycles. The molecule has 1 aliphatic rings. The summed E-state index contributed by atoms with van der Waals surface area (Å²) in [5.74, 6) is 1.67. The van der Waals surface area contributed by atoms with Crippen LogP contribution >= 0.6 is 0 Å². The molecule has 0 spiro atoms. The van der Waals surface area contributed by atoms with Gasteiger partial charge in [-0.3, -0.25) is 9.11 Å². The van der Waals surface area contributed by atoms with Crippen molar-refractivity contribution in [3.05, 3.63) is 12.2 Å². The molecule has 0 saturated carbocycles. The molecule has 0 aliphatic carbocycles. The summed E-state index contributed by atoms with van der Waals surface area (Å²) in [7, 11) is -0.579. The van der Waals surface area contributed by atoms with Crippen LogP contribution in [0.1, 0.15) is 20.3 Å². The Balaban J connectivity index is 2.42. The average Bonchev–Trinajstić information content (AvgIpc) is 2.09. The van der Waals surface area contributed by atoms with Gasteiger partial charge in [0.1, 0.15) is 0 Å². The first-order valence-corrected chi connectivity index (χ1v) is 6.38. The molecule has 1 aliphatic heterocycles. The van der Waals surface area contributed by atoms with Crippen LogP contribution < -0.4 is 0 Å². The van der Waals surface area contributed by atoms with Gasteiger partial charge in [-0.1, -0.05) is 19.1 Å². The maximum atomic E-state index is 11.2. The van der Waals surface area contributed by atoms with Crippen molar-refractivity contribution in [1.82, 2.24) is 4.90 Å². The van der Waals surface area contributed by atoms with Crippen molar-refractivity contribution < 1.29 is 4.21 Å². The normalized spacial score (nSPS) is 30.3. The second-order valence-corrected chi connectivity index (χ2v) is 5.35. The van der Waals surface area contributed by atoms with E-state index in [0.29, 0.717) is 6.04 Å². The first-order chi connectivity index (χ1) is 6.13. The highest BCUT2D eigenvalue weighted by atomic mass is 32.2. The van der Waals surface area contributed by atoms with Gasteiger partial charge in [-0.15, -0.1) is 0 Å². The number of hydrogen-bond acceptors (Lipinski definition) is 2. The van der Waals surface area contributed by atoms with Crippen LogP contribution in [0.3, 0.4) is 0 Å². The first kappa shape index (κ1) is 10.9. The van der Waals surface area contributed by atoms with Crippen LogP contribution in [0.15, 0.2) is 12.2 Å². The minimum atomic E-state index is -0.579. The lowest BCUT2D eigenvalue weighted by molar-refractivity contribution is 0.248. The minimum absolute atomic E-state index is 0.456. The van der Waals surface area contributed by atoms with E-state index < -0.39 is 10.8 Å². The van der Waals surface area contributed by atoms with Crippen LogP contribution in [-0.4, -0.2) is 39.7 Å². The highest BCUT2D eigenvalue weighted by Crippen LogP contribution is 2.11. The Morgan fingerprint density at radius 2 is 2.38 bits per heavy atom. The molecular weight excluding hydrogens is 182 g/mol. The average molecular weight is 201 g/mol. The Bertz CT molecular complexity index is 215. The Hall–Kier alpha value is -0.150. The van der Waals surface area contributed by atoms with Crippen LogP contribution in [0.2, 0.25) is 0 Å². The van der Waals surface area contributed by atoms with Crippen LogP contribution in [-0.2, 0) is 10.8 Å². The molecule has 0 bridgehead atoms. The lowest BCUT2D eigenvalue weighted by Crippen LogP contribution is -2.45. The molecule has 0 aromatic rings. The Morgan fingerprint density at radius 3 is 2.92 bits per heavy atom. The van der Waals surface area contributed by atoms with Gasteiger partial charge in [0.15, 0.2) is 0 Å². The van der Waals surface area contributed by atoms with Crippen LogP contribution in [0.4, 0.5) is 0 Å². The van der Waals surface area contributed by atoms with Gasteiger partial charge in [0.2, 0.25) is 0 Å². The first-order valence-electron chi connectivity index (χ1n) is 4.89. The Morgan fingerprint density at radius 1 is 1.69 bits per heavy atom. The molecule has 0 amide bonds.